The minimum atomic E-state index is -2.52. The van der Waals surface area contributed by atoms with Crippen LogP contribution in [0.2, 0.25) is 0 Å². The molecule has 0 amide bonds. The van der Waals surface area contributed by atoms with Gasteiger partial charge in [-0.2, -0.15) is 0 Å². The summed E-state index contributed by atoms with van der Waals surface area (Å²) in [6.45, 7) is 4.34. The molecule has 15 heavy (non-hydrogen) atoms. The molecule has 0 N–H and O–H groups in total. The summed E-state index contributed by atoms with van der Waals surface area (Å²) >= 11 is 0. The number of hydrogen-bond acceptors (Lipinski definition) is 1. The van der Waals surface area contributed by atoms with Crippen molar-refractivity contribution in [3.63, 3.8) is 0 Å². The Hall–Kier alpha value is -1.12. The number of aryl methyl sites for hydroxylation is 2. The molecule has 1 aliphatic heterocycles. The molecule has 3 heteroatoms. The van der Waals surface area contributed by atoms with Gasteiger partial charge in [-0.05, 0) is 37.1 Å². The number of halogens is 2. The molecule has 1 fully saturated rings. The molecule has 0 bridgehead atoms. The Labute approximate surface area is 88.7 Å². The maximum atomic E-state index is 13.0. The topological polar surface area (TPSA) is 3.24 Å². The van der Waals surface area contributed by atoms with Crippen LogP contribution in [0.3, 0.4) is 0 Å². The molecule has 2 rings (SSSR count). The van der Waals surface area contributed by atoms with Crippen LogP contribution in [0.1, 0.15) is 17.5 Å². The van der Waals surface area contributed by atoms with Gasteiger partial charge in [-0.25, -0.2) is 8.78 Å². The molecule has 82 valence electrons. The average Bonchev–Trinajstić information content (AvgIpc) is 2.51. The Morgan fingerprint density at radius 3 is 2.47 bits per heavy atom. The third-order valence-corrected chi connectivity index (χ3v) is 3.03. The van der Waals surface area contributed by atoms with E-state index >= 15 is 0 Å². The first kappa shape index (κ1) is 10.4. The van der Waals surface area contributed by atoms with E-state index in [0.717, 1.165) is 11.3 Å². The molecule has 0 radical (unpaired) electrons. The van der Waals surface area contributed by atoms with Gasteiger partial charge in [0.1, 0.15) is 0 Å². The molecular formula is C12H15F2N. The molecule has 0 saturated carbocycles. The van der Waals surface area contributed by atoms with E-state index in [1.165, 1.54) is 5.56 Å². The molecule has 1 saturated heterocycles. The summed E-state index contributed by atoms with van der Waals surface area (Å²) in [5.41, 5.74) is 3.27. The number of alkyl halides is 2. The van der Waals surface area contributed by atoms with Gasteiger partial charge >= 0.3 is 0 Å². The van der Waals surface area contributed by atoms with Gasteiger partial charge in [-0.15, -0.1) is 0 Å². The van der Waals surface area contributed by atoms with Gasteiger partial charge in [0.05, 0.1) is 6.54 Å². The molecule has 0 atom stereocenters. The lowest BCUT2D eigenvalue weighted by Gasteiger charge is -2.19. The summed E-state index contributed by atoms with van der Waals surface area (Å²) in [4.78, 5) is 1.76. The zero-order chi connectivity index (χ0) is 11.1. The van der Waals surface area contributed by atoms with Crippen LogP contribution in [0.5, 0.6) is 0 Å². The van der Waals surface area contributed by atoms with Crippen molar-refractivity contribution in [3.05, 3.63) is 29.3 Å². The van der Waals surface area contributed by atoms with Gasteiger partial charge in [0.15, 0.2) is 0 Å². The second-order valence-corrected chi connectivity index (χ2v) is 4.30. The van der Waals surface area contributed by atoms with Crippen molar-refractivity contribution in [1.29, 1.82) is 0 Å². The highest BCUT2D eigenvalue weighted by Gasteiger charge is 2.38. The second-order valence-electron chi connectivity index (χ2n) is 4.30. The fourth-order valence-electron chi connectivity index (χ4n) is 1.88. The van der Waals surface area contributed by atoms with Gasteiger partial charge in [0.2, 0.25) is 0 Å². The van der Waals surface area contributed by atoms with Crippen LogP contribution in [0.4, 0.5) is 14.5 Å². The maximum Gasteiger partial charge on any atom is 0.266 e. The van der Waals surface area contributed by atoms with Crippen molar-refractivity contribution in [1.82, 2.24) is 0 Å². The van der Waals surface area contributed by atoms with E-state index in [-0.39, 0.29) is 13.0 Å². The maximum absolute atomic E-state index is 13.0. The molecule has 1 nitrogen and oxygen atoms in total. The van der Waals surface area contributed by atoms with Crippen molar-refractivity contribution in [2.24, 2.45) is 0 Å². The zero-order valence-electron chi connectivity index (χ0n) is 9.06. The van der Waals surface area contributed by atoms with Crippen molar-refractivity contribution >= 4 is 5.69 Å². The largest absolute Gasteiger partial charge is 0.365 e. The van der Waals surface area contributed by atoms with E-state index in [9.17, 15) is 8.78 Å². The quantitative estimate of drug-likeness (QED) is 0.689. The number of nitrogens with zero attached hydrogens (tertiary/aromatic N) is 1. The van der Waals surface area contributed by atoms with Crippen LogP contribution in [0.25, 0.3) is 0 Å². The molecule has 1 aliphatic rings. The third kappa shape index (κ3) is 2.11. The predicted octanol–water partition coefficient (Wildman–Crippen LogP) is 3.15. The van der Waals surface area contributed by atoms with E-state index < -0.39 is 5.92 Å². The van der Waals surface area contributed by atoms with Crippen molar-refractivity contribution in [3.8, 4) is 0 Å². The van der Waals surface area contributed by atoms with E-state index in [1.54, 1.807) is 4.90 Å². The first-order valence-electron chi connectivity index (χ1n) is 5.18. The van der Waals surface area contributed by atoms with Crippen LogP contribution in [0.15, 0.2) is 18.2 Å². The van der Waals surface area contributed by atoms with E-state index in [1.807, 2.05) is 32.0 Å². The van der Waals surface area contributed by atoms with Gasteiger partial charge in [-0.1, -0.05) is 6.07 Å². The molecule has 0 unspecified atom stereocenters. The van der Waals surface area contributed by atoms with Crippen LogP contribution in [0, 0.1) is 13.8 Å². The van der Waals surface area contributed by atoms with Gasteiger partial charge in [0, 0.05) is 18.7 Å². The Balaban J connectivity index is 2.21. The summed E-state index contributed by atoms with van der Waals surface area (Å²) in [6.07, 6.45) is -0.0279. The minimum absolute atomic E-state index is 0.0279. The zero-order valence-corrected chi connectivity index (χ0v) is 9.06. The summed E-state index contributed by atoms with van der Waals surface area (Å²) in [6, 6.07) is 5.89. The normalized spacial score (nSPS) is 19.6. The summed E-state index contributed by atoms with van der Waals surface area (Å²) in [5, 5.41) is 0. The summed E-state index contributed by atoms with van der Waals surface area (Å²) < 4.78 is 26.0. The number of hydrogen-bond donors (Lipinski definition) is 0. The van der Waals surface area contributed by atoms with Crippen molar-refractivity contribution in [2.45, 2.75) is 26.2 Å². The lowest BCUT2D eigenvalue weighted by molar-refractivity contribution is 0.0257. The highest BCUT2D eigenvalue weighted by molar-refractivity contribution is 5.51. The summed E-state index contributed by atoms with van der Waals surface area (Å²) in [5.74, 6) is -2.52. The van der Waals surface area contributed by atoms with Gasteiger partial charge in [0.25, 0.3) is 5.92 Å². The molecule has 1 heterocycles. The lowest BCUT2D eigenvalue weighted by Crippen LogP contribution is -2.24. The fraction of sp³-hybridized carbons (Fsp3) is 0.500. The van der Waals surface area contributed by atoms with Gasteiger partial charge in [-0.3, -0.25) is 0 Å². The van der Waals surface area contributed by atoms with E-state index in [0.29, 0.717) is 6.54 Å². The monoisotopic (exact) mass is 211 g/mol. The first-order chi connectivity index (χ1) is 6.98. The van der Waals surface area contributed by atoms with Crippen LogP contribution in [-0.2, 0) is 0 Å². The Morgan fingerprint density at radius 1 is 1.20 bits per heavy atom. The van der Waals surface area contributed by atoms with E-state index in [4.69, 9.17) is 0 Å². The first-order valence-corrected chi connectivity index (χ1v) is 5.18. The van der Waals surface area contributed by atoms with Crippen LogP contribution >= 0.6 is 0 Å². The molecule has 0 spiro atoms. The highest BCUT2D eigenvalue weighted by atomic mass is 19.3. The third-order valence-electron chi connectivity index (χ3n) is 3.03. The lowest BCUT2D eigenvalue weighted by atomic mass is 10.1. The SMILES string of the molecule is Cc1ccc(N2CCC(F)(F)C2)cc1C. The Kier molecular flexibility index (Phi) is 2.41. The number of rotatable bonds is 1. The molecule has 1 aromatic carbocycles. The minimum Gasteiger partial charge on any atom is -0.365 e. The van der Waals surface area contributed by atoms with Crippen molar-refractivity contribution in [2.75, 3.05) is 18.0 Å². The highest BCUT2D eigenvalue weighted by Crippen LogP contribution is 2.31. The molecule has 1 aromatic rings. The van der Waals surface area contributed by atoms with E-state index in [2.05, 4.69) is 0 Å². The van der Waals surface area contributed by atoms with Crippen LogP contribution < -0.4 is 4.90 Å². The smallest absolute Gasteiger partial charge is 0.266 e. The Bertz CT molecular complexity index is 374. The fourth-order valence-corrected chi connectivity index (χ4v) is 1.88. The second kappa shape index (κ2) is 3.47. The molecular weight excluding hydrogens is 196 g/mol. The number of anilines is 1. The van der Waals surface area contributed by atoms with Gasteiger partial charge < -0.3 is 4.90 Å². The summed E-state index contributed by atoms with van der Waals surface area (Å²) in [7, 11) is 0. The number of benzene rings is 1. The molecule has 0 aliphatic carbocycles. The predicted molar refractivity (Wildman–Crippen MR) is 57.7 cm³/mol. The van der Waals surface area contributed by atoms with Crippen molar-refractivity contribution < 1.29 is 8.78 Å². The molecule has 0 aromatic heterocycles. The average molecular weight is 211 g/mol. The van der Waals surface area contributed by atoms with Crippen LogP contribution in [-0.4, -0.2) is 19.0 Å². The standard InChI is InChI=1S/C12H15F2N/c1-9-3-4-11(7-10(9)2)15-6-5-12(13,14)8-15/h3-4,7H,5-6,8H2,1-2H3. The Morgan fingerprint density at radius 2 is 1.93 bits per heavy atom.